The van der Waals surface area contributed by atoms with Crippen LogP contribution < -0.4 is 0 Å². The van der Waals surface area contributed by atoms with Gasteiger partial charge in [-0.1, -0.05) is 95.7 Å². The number of rotatable bonds is 9. The van der Waals surface area contributed by atoms with E-state index in [0.29, 0.717) is 5.69 Å². The predicted octanol–water partition coefficient (Wildman–Crippen LogP) is 0.725. The lowest BCUT2D eigenvalue weighted by atomic mass is 9.63. The number of aliphatic hydroxyl groups is 5. The van der Waals surface area contributed by atoms with Gasteiger partial charge in [-0.15, -0.1) is 5.10 Å². The van der Waals surface area contributed by atoms with Gasteiger partial charge in [-0.05, 0) is 22.3 Å². The largest absolute Gasteiger partial charge is 0.394 e. The Balaban J connectivity index is 1.13. The van der Waals surface area contributed by atoms with Crippen molar-refractivity contribution in [1.82, 2.24) is 19.9 Å². The van der Waals surface area contributed by atoms with Crippen molar-refractivity contribution in [2.24, 2.45) is 16.7 Å². The van der Waals surface area contributed by atoms with E-state index in [0.717, 1.165) is 22.3 Å². The van der Waals surface area contributed by atoms with Gasteiger partial charge in [-0.3, -0.25) is 14.5 Å². The van der Waals surface area contributed by atoms with Gasteiger partial charge in [0.1, 0.15) is 34.4 Å². The van der Waals surface area contributed by atoms with Gasteiger partial charge in [0.15, 0.2) is 6.29 Å². The van der Waals surface area contributed by atoms with E-state index < -0.39 is 76.3 Å². The molecule has 2 aliphatic carbocycles. The number of halogens is 1. The molecule has 1 saturated carbocycles. The predicted molar refractivity (Wildman–Crippen MR) is 172 cm³/mol. The molecule has 13 nitrogen and oxygen atoms in total. The summed E-state index contributed by atoms with van der Waals surface area (Å²) in [5, 5.41) is 60.0. The molecule has 7 rings (SSSR count). The number of imide groups is 1. The molecule has 0 spiro atoms. The molecule has 2 saturated heterocycles. The lowest BCUT2D eigenvalue weighted by Crippen LogP contribution is -2.59. The number of hydrogen-bond donors (Lipinski definition) is 5. The highest BCUT2D eigenvalue weighted by atomic mass is 79.9. The van der Waals surface area contributed by atoms with E-state index >= 15 is 0 Å². The first-order valence-corrected chi connectivity index (χ1v) is 16.6. The number of carbonyl (C=O) groups excluding carboxylic acids is 2. The molecule has 0 radical (unpaired) electrons. The molecule has 3 fully saturated rings. The zero-order valence-electron chi connectivity index (χ0n) is 26.3. The van der Waals surface area contributed by atoms with E-state index in [9.17, 15) is 35.1 Å². The van der Waals surface area contributed by atoms with Crippen molar-refractivity contribution in [1.29, 1.82) is 0 Å². The zero-order valence-corrected chi connectivity index (χ0v) is 27.8. The van der Waals surface area contributed by atoms with Gasteiger partial charge in [0.25, 0.3) is 0 Å². The molecule has 2 aromatic carbocycles. The van der Waals surface area contributed by atoms with Crippen LogP contribution in [0.2, 0.25) is 0 Å². The fourth-order valence-corrected chi connectivity index (χ4v) is 9.73. The maximum atomic E-state index is 14.5. The third-order valence-corrected chi connectivity index (χ3v) is 12.3. The molecule has 4 aliphatic rings. The third kappa shape index (κ3) is 4.47. The molecular weight excluding hydrogens is 688 g/mol. The number of alkyl halides is 1. The van der Waals surface area contributed by atoms with E-state index in [4.69, 9.17) is 9.47 Å². The summed E-state index contributed by atoms with van der Waals surface area (Å²) in [4.78, 5) is 30.0. The molecule has 14 heteroatoms. The first kappa shape index (κ1) is 33.2. The molecule has 10 atom stereocenters. The summed E-state index contributed by atoms with van der Waals surface area (Å²) in [5.41, 5.74) is 1.49. The maximum Gasteiger partial charge on any atom is 0.248 e. The summed E-state index contributed by atoms with van der Waals surface area (Å²) in [7, 11) is 0. The molecule has 10 unspecified atom stereocenters. The quantitative estimate of drug-likeness (QED) is 0.155. The highest BCUT2D eigenvalue weighted by Crippen LogP contribution is 2.79. The Kier molecular flexibility index (Phi) is 8.23. The molecule has 2 amide bonds. The maximum absolute atomic E-state index is 14.5. The SMILES string of the molecule is CC12C(c3ccccc3)=C(c3ccccc3)C(C)(C1O)C1(Br)C(=O)N(Cc3cn(CCOC4OC(CO)C(O)C(O)C4O)nn3)C(=O)C21. The molecule has 5 N–H and O–H groups in total. The Morgan fingerprint density at radius 3 is 2.17 bits per heavy atom. The lowest BCUT2D eigenvalue weighted by molar-refractivity contribution is -0.301. The van der Waals surface area contributed by atoms with Gasteiger partial charge in [0.2, 0.25) is 11.8 Å². The molecule has 48 heavy (non-hydrogen) atoms. The number of carbonyl (C=O) groups is 2. The van der Waals surface area contributed by atoms with Crippen molar-refractivity contribution in [2.45, 2.75) is 68.1 Å². The van der Waals surface area contributed by atoms with Gasteiger partial charge >= 0.3 is 0 Å². The van der Waals surface area contributed by atoms with Gasteiger partial charge in [-0.25, -0.2) is 4.68 Å². The molecule has 2 aliphatic heterocycles. The van der Waals surface area contributed by atoms with Crippen molar-refractivity contribution >= 4 is 38.9 Å². The van der Waals surface area contributed by atoms with E-state index in [2.05, 4.69) is 26.2 Å². The number of amides is 2. The number of aliphatic hydroxyl groups excluding tert-OH is 5. The molecule has 2 bridgehead atoms. The molecule has 1 aromatic heterocycles. The van der Waals surface area contributed by atoms with Crippen LogP contribution in [0.4, 0.5) is 0 Å². The fourth-order valence-electron chi connectivity index (χ4n) is 8.43. The van der Waals surface area contributed by atoms with Crippen LogP contribution in [0.25, 0.3) is 11.1 Å². The standard InChI is InChI=1S/C34H37BrN4O9/c1-32-22(18-9-5-3-6-10-18)23(19-11-7-4-8-12-19)33(2,30(32)45)34(35)27(32)28(44)39(31(34)46)16-20-15-38(37-36-20)13-14-47-29-26(43)25(42)24(41)21(17-40)48-29/h3-12,15,21,24-27,29-30,40-43,45H,13-14,16-17H2,1-2H3. The fraction of sp³-hybridized carbons (Fsp3) is 0.471. The van der Waals surface area contributed by atoms with Crippen LogP contribution in [0.1, 0.15) is 30.7 Å². The van der Waals surface area contributed by atoms with E-state index in [1.807, 2.05) is 74.5 Å². The summed E-state index contributed by atoms with van der Waals surface area (Å²) in [5.74, 6) is -1.77. The van der Waals surface area contributed by atoms with Crippen molar-refractivity contribution < 1.29 is 44.6 Å². The van der Waals surface area contributed by atoms with Crippen molar-refractivity contribution in [3.05, 3.63) is 83.7 Å². The van der Waals surface area contributed by atoms with Gasteiger partial charge in [0, 0.05) is 10.8 Å². The second kappa shape index (κ2) is 11.9. The summed E-state index contributed by atoms with van der Waals surface area (Å²) < 4.78 is 10.9. The Hall–Kier alpha value is -3.34. The highest BCUT2D eigenvalue weighted by molar-refractivity contribution is 9.10. The highest BCUT2D eigenvalue weighted by Gasteiger charge is 2.85. The number of hydrogen-bond acceptors (Lipinski definition) is 11. The molecular formula is C34H37BrN4O9. The third-order valence-electron chi connectivity index (χ3n) is 10.7. The number of ether oxygens (including phenoxy) is 2. The molecule has 254 valence electrons. The van der Waals surface area contributed by atoms with Gasteiger partial charge < -0.3 is 35.0 Å². The van der Waals surface area contributed by atoms with Crippen molar-refractivity contribution in [3.8, 4) is 0 Å². The molecule has 3 heterocycles. The number of nitrogens with zero attached hydrogens (tertiary/aromatic N) is 4. The normalized spacial score (nSPS) is 37.5. The zero-order chi connectivity index (χ0) is 34.2. The minimum absolute atomic E-state index is 0.0373. The molecule has 3 aromatic rings. The van der Waals surface area contributed by atoms with E-state index in [-0.39, 0.29) is 19.7 Å². The average Bonchev–Trinajstić information content (AvgIpc) is 3.71. The van der Waals surface area contributed by atoms with Crippen LogP contribution in [0.5, 0.6) is 0 Å². The Morgan fingerprint density at radius 2 is 1.54 bits per heavy atom. The first-order chi connectivity index (χ1) is 22.9. The van der Waals surface area contributed by atoms with Gasteiger partial charge in [0.05, 0.1) is 44.5 Å². The van der Waals surface area contributed by atoms with Crippen LogP contribution in [0.3, 0.4) is 0 Å². The van der Waals surface area contributed by atoms with E-state index in [1.54, 1.807) is 6.20 Å². The van der Waals surface area contributed by atoms with Crippen LogP contribution in [-0.2, 0) is 32.2 Å². The van der Waals surface area contributed by atoms with Crippen molar-refractivity contribution in [3.63, 3.8) is 0 Å². The monoisotopic (exact) mass is 724 g/mol. The number of likely N-dealkylation sites (tertiary alicyclic amines) is 1. The van der Waals surface area contributed by atoms with Crippen LogP contribution >= 0.6 is 15.9 Å². The van der Waals surface area contributed by atoms with E-state index in [1.165, 1.54) is 9.58 Å². The second-order valence-electron chi connectivity index (χ2n) is 13.3. The number of aromatic nitrogens is 3. The summed E-state index contributed by atoms with van der Waals surface area (Å²) >= 11 is 3.81. The van der Waals surface area contributed by atoms with Crippen molar-refractivity contribution in [2.75, 3.05) is 13.2 Å². The summed E-state index contributed by atoms with van der Waals surface area (Å²) in [6.07, 6.45) is -6.44. The summed E-state index contributed by atoms with van der Waals surface area (Å²) in [6.45, 7) is 3.13. The Bertz CT molecular complexity index is 1750. The Labute approximate surface area is 284 Å². The average molecular weight is 726 g/mol. The first-order valence-electron chi connectivity index (χ1n) is 15.8. The minimum Gasteiger partial charge on any atom is -0.394 e. The number of benzene rings is 2. The van der Waals surface area contributed by atoms with Gasteiger partial charge in [-0.2, -0.15) is 0 Å². The smallest absolute Gasteiger partial charge is 0.248 e. The number of fused-ring (bicyclic) bond motifs is 5. The van der Waals surface area contributed by atoms with Crippen LogP contribution in [-0.4, -0.2) is 112 Å². The second-order valence-corrected chi connectivity index (χ2v) is 14.5. The minimum atomic E-state index is -1.56. The summed E-state index contributed by atoms with van der Waals surface area (Å²) in [6, 6.07) is 19.4. The Morgan fingerprint density at radius 1 is 0.917 bits per heavy atom. The lowest BCUT2D eigenvalue weighted by Gasteiger charge is -2.42. The topological polar surface area (TPSA) is 188 Å². The van der Waals surface area contributed by atoms with Crippen LogP contribution in [0, 0.1) is 16.7 Å². The van der Waals surface area contributed by atoms with Crippen LogP contribution in [0.15, 0.2) is 66.9 Å².